The maximum absolute atomic E-state index is 13.7. The number of esters is 1. The van der Waals surface area contributed by atoms with E-state index in [-0.39, 0.29) is 31.3 Å². The van der Waals surface area contributed by atoms with Gasteiger partial charge in [-0.3, -0.25) is 4.79 Å². The Hall–Kier alpha value is -3.69. The molecule has 0 bridgehead atoms. The van der Waals surface area contributed by atoms with Crippen LogP contribution in [0.25, 0.3) is 17.3 Å². The molecule has 0 saturated carbocycles. The molecule has 1 unspecified atom stereocenters. The number of nitrogens with zero attached hydrogens (tertiary/aromatic N) is 4. The molecule has 2 N–H and O–H groups in total. The van der Waals surface area contributed by atoms with E-state index < -0.39 is 45.2 Å². The number of rotatable bonds is 18. The number of sulfonamides is 1. The van der Waals surface area contributed by atoms with Gasteiger partial charge in [0.05, 0.1) is 42.9 Å². The number of aliphatic hydroxyl groups excluding tert-OH is 2. The Kier molecular flexibility index (Phi) is 14.1. The maximum Gasteiger partial charge on any atom is 0.308 e. The first kappa shape index (κ1) is 36.5. The van der Waals surface area contributed by atoms with Gasteiger partial charge < -0.3 is 19.8 Å². The van der Waals surface area contributed by atoms with E-state index in [2.05, 4.69) is 14.8 Å². The lowest BCUT2D eigenvalue weighted by molar-refractivity contribution is -0.769. The summed E-state index contributed by atoms with van der Waals surface area (Å²) in [6.45, 7) is 5.58. The van der Waals surface area contributed by atoms with E-state index in [1.165, 1.54) is 37.4 Å². The summed E-state index contributed by atoms with van der Waals surface area (Å²) < 4.78 is 44.1. The van der Waals surface area contributed by atoms with Gasteiger partial charge in [0, 0.05) is 24.6 Å². The summed E-state index contributed by atoms with van der Waals surface area (Å²) in [6.07, 6.45) is 2.29. The lowest BCUT2D eigenvalue weighted by atomic mass is 9.97. The highest BCUT2D eigenvalue weighted by Crippen LogP contribution is 2.31. The van der Waals surface area contributed by atoms with Crippen molar-refractivity contribution >= 4 is 28.0 Å². The molecule has 1 aromatic carbocycles. The van der Waals surface area contributed by atoms with E-state index in [1.807, 2.05) is 20.8 Å². The van der Waals surface area contributed by atoms with Crippen LogP contribution in [0.4, 0.5) is 10.3 Å². The third kappa shape index (κ3) is 11.8. The lowest BCUT2D eigenvalue weighted by Gasteiger charge is -2.20. The highest BCUT2D eigenvalue weighted by Gasteiger charge is 2.23. The van der Waals surface area contributed by atoms with Crippen LogP contribution in [0.5, 0.6) is 0 Å². The topological polar surface area (TPSA) is 182 Å². The fourth-order valence-corrected chi connectivity index (χ4v) is 4.66. The molecule has 13 nitrogen and oxygen atoms in total. The molecule has 0 spiro atoms. The van der Waals surface area contributed by atoms with Crippen LogP contribution in [0.2, 0.25) is 0 Å². The van der Waals surface area contributed by atoms with Crippen molar-refractivity contribution in [3.63, 3.8) is 0 Å². The van der Waals surface area contributed by atoms with Crippen LogP contribution in [0.1, 0.15) is 76.5 Å². The highest BCUT2D eigenvalue weighted by molar-refractivity contribution is 7.92. The smallest absolute Gasteiger partial charge is 0.308 e. The number of aromatic nitrogens is 2. The lowest BCUT2D eigenvalue weighted by Crippen LogP contribution is -2.27. The van der Waals surface area contributed by atoms with E-state index in [1.54, 1.807) is 6.08 Å². The Labute approximate surface area is 256 Å². The molecule has 0 saturated heterocycles. The first-order chi connectivity index (χ1) is 20.6. The number of aliphatic hydroxyl groups is 2. The van der Waals surface area contributed by atoms with Gasteiger partial charge in [-0.1, -0.05) is 39.3 Å². The van der Waals surface area contributed by atoms with Gasteiger partial charge >= 0.3 is 5.97 Å². The summed E-state index contributed by atoms with van der Waals surface area (Å²) in [6, 6.07) is 5.48. The number of ether oxygens (including phenoxy) is 1. The predicted octanol–water partition coefficient (Wildman–Crippen LogP) is 4.02. The number of hydrogen-bond acceptors (Lipinski definition) is 11. The molecular formula is C29H41FN4O9S. The Bertz CT molecular complexity index is 1390. The zero-order valence-electron chi connectivity index (χ0n) is 25.6. The standard InChI is InChI=1S/C29H41FN4O9S/c1-6-8-24(43-34(38)39)9-7-16-42-26(37)18-23(36)17-22(35)14-15-25-27(19(2)3)31-29(33(4)44(5,40)41)32-28(25)20-10-12-21(30)13-11-20/h10-15,19,22-24,35-36H,6-9,16-18H2,1-5H3/b15-14+/t22-,23-,24?/m1/s1. The first-order valence-electron chi connectivity index (χ1n) is 14.2. The summed E-state index contributed by atoms with van der Waals surface area (Å²) >= 11 is 0. The van der Waals surface area contributed by atoms with Gasteiger partial charge in [-0.05, 0) is 49.4 Å². The Morgan fingerprint density at radius 3 is 2.41 bits per heavy atom. The molecule has 1 aromatic heterocycles. The third-order valence-electron chi connectivity index (χ3n) is 6.59. The van der Waals surface area contributed by atoms with Crippen molar-refractivity contribution in [2.45, 2.75) is 83.5 Å². The molecule has 2 rings (SSSR count). The third-order valence-corrected chi connectivity index (χ3v) is 7.75. The molecule has 2 aromatic rings. The summed E-state index contributed by atoms with van der Waals surface area (Å²) in [4.78, 5) is 36.3. The van der Waals surface area contributed by atoms with Crippen LogP contribution < -0.4 is 4.31 Å². The molecule has 0 fully saturated rings. The van der Waals surface area contributed by atoms with Gasteiger partial charge in [-0.15, -0.1) is 10.1 Å². The Balaban J connectivity index is 2.15. The fourth-order valence-electron chi connectivity index (χ4n) is 4.29. The number of carbonyl (C=O) groups is 1. The molecule has 1 heterocycles. The normalized spacial score (nSPS) is 13.9. The molecule has 0 aliphatic rings. The second-order valence-electron chi connectivity index (χ2n) is 10.7. The van der Waals surface area contributed by atoms with Crippen molar-refractivity contribution < 1.29 is 42.5 Å². The Morgan fingerprint density at radius 1 is 1.18 bits per heavy atom. The quantitative estimate of drug-likeness (QED) is 0.104. The highest BCUT2D eigenvalue weighted by atomic mass is 32.2. The molecule has 3 atom stereocenters. The minimum Gasteiger partial charge on any atom is -0.466 e. The molecule has 0 amide bonds. The zero-order chi connectivity index (χ0) is 33.0. The van der Waals surface area contributed by atoms with E-state index in [4.69, 9.17) is 4.74 Å². The number of hydrogen-bond donors (Lipinski definition) is 2. The van der Waals surface area contributed by atoms with Crippen LogP contribution in [-0.4, -0.2) is 77.9 Å². The van der Waals surface area contributed by atoms with Crippen molar-refractivity contribution in [2.75, 3.05) is 24.2 Å². The summed E-state index contributed by atoms with van der Waals surface area (Å²) in [5.41, 5.74) is 1.74. The summed E-state index contributed by atoms with van der Waals surface area (Å²) in [7, 11) is -2.37. The van der Waals surface area contributed by atoms with Crippen molar-refractivity contribution in [3.8, 4) is 11.3 Å². The summed E-state index contributed by atoms with van der Waals surface area (Å²) in [5.74, 6) is -1.43. The van der Waals surface area contributed by atoms with Gasteiger partial charge in [-0.2, -0.15) is 0 Å². The van der Waals surface area contributed by atoms with Gasteiger partial charge in [0.25, 0.3) is 5.09 Å². The van der Waals surface area contributed by atoms with Crippen molar-refractivity contribution in [2.24, 2.45) is 0 Å². The molecule has 44 heavy (non-hydrogen) atoms. The van der Waals surface area contributed by atoms with Crippen molar-refractivity contribution in [3.05, 3.63) is 57.5 Å². The second kappa shape index (κ2) is 17.0. The molecule has 0 aliphatic carbocycles. The maximum atomic E-state index is 13.7. The van der Waals surface area contributed by atoms with Gasteiger partial charge in [0.15, 0.2) is 0 Å². The average molecular weight is 641 g/mol. The second-order valence-corrected chi connectivity index (χ2v) is 12.7. The van der Waals surface area contributed by atoms with E-state index >= 15 is 0 Å². The predicted molar refractivity (Wildman–Crippen MR) is 162 cm³/mol. The molecule has 0 aliphatic heterocycles. The van der Waals surface area contributed by atoms with Crippen LogP contribution in [0.3, 0.4) is 0 Å². The number of anilines is 1. The van der Waals surface area contributed by atoms with E-state index in [0.717, 1.165) is 10.6 Å². The molecule has 0 radical (unpaired) electrons. The SMILES string of the molecule is CCCC(CCCOC(=O)C[C@H](O)C[C@H](O)/C=C/c1c(-c2ccc(F)cc2)nc(N(C)S(C)(=O)=O)nc1C(C)C)O[N+](=O)[O-]. The fraction of sp³-hybridized carbons (Fsp3) is 0.552. The van der Waals surface area contributed by atoms with Crippen LogP contribution in [0.15, 0.2) is 30.3 Å². The Morgan fingerprint density at radius 2 is 1.84 bits per heavy atom. The minimum absolute atomic E-state index is 0.00392. The largest absolute Gasteiger partial charge is 0.466 e. The van der Waals surface area contributed by atoms with Gasteiger partial charge in [-0.25, -0.2) is 27.1 Å². The van der Waals surface area contributed by atoms with E-state index in [0.29, 0.717) is 48.2 Å². The van der Waals surface area contributed by atoms with Crippen LogP contribution in [0, 0.1) is 15.9 Å². The molecule has 244 valence electrons. The molecule has 15 heteroatoms. The first-order valence-corrected chi connectivity index (χ1v) is 16.1. The molecular weight excluding hydrogens is 599 g/mol. The summed E-state index contributed by atoms with van der Waals surface area (Å²) in [5, 5.41) is 30.7. The van der Waals surface area contributed by atoms with Crippen molar-refractivity contribution in [1.82, 2.24) is 9.97 Å². The minimum atomic E-state index is -3.69. The van der Waals surface area contributed by atoms with Gasteiger partial charge in [0.1, 0.15) is 11.9 Å². The number of carbonyl (C=O) groups excluding carboxylic acids is 1. The number of benzene rings is 1. The van der Waals surface area contributed by atoms with Gasteiger partial charge in [0.2, 0.25) is 16.0 Å². The van der Waals surface area contributed by atoms with Crippen LogP contribution >= 0.6 is 0 Å². The monoisotopic (exact) mass is 640 g/mol. The number of halogens is 1. The zero-order valence-corrected chi connectivity index (χ0v) is 26.4. The van der Waals surface area contributed by atoms with Crippen molar-refractivity contribution in [1.29, 1.82) is 0 Å². The van der Waals surface area contributed by atoms with E-state index in [9.17, 15) is 37.9 Å². The van der Waals surface area contributed by atoms with Crippen LogP contribution in [-0.2, 0) is 24.4 Å². The average Bonchev–Trinajstić information content (AvgIpc) is 2.93.